The molecular weight excluding hydrogens is 178 g/mol. The highest BCUT2D eigenvalue weighted by Gasteiger charge is 2.28. The number of hydrogen-bond acceptors (Lipinski definition) is 3. The summed E-state index contributed by atoms with van der Waals surface area (Å²) >= 11 is 5.65. The first-order chi connectivity index (χ1) is 5.68. The number of benzene rings is 1. The van der Waals surface area contributed by atoms with Crippen LogP contribution in [0, 0.1) is 0 Å². The van der Waals surface area contributed by atoms with E-state index in [4.69, 9.17) is 16.3 Å². The van der Waals surface area contributed by atoms with Crippen molar-refractivity contribution in [2.75, 3.05) is 0 Å². The minimum Gasteiger partial charge on any atom is -0.506 e. The average molecular weight is 184 g/mol. The zero-order chi connectivity index (χ0) is 8.72. The standard InChI is InChI=1S/C7H6BClO3/c9-6-1-4-3-12-8(11)5(4)2-7(6)10/h1-2,10-11H,3H2. The van der Waals surface area contributed by atoms with E-state index >= 15 is 0 Å². The molecule has 2 N–H and O–H groups in total. The topological polar surface area (TPSA) is 49.7 Å². The Morgan fingerprint density at radius 3 is 3.00 bits per heavy atom. The summed E-state index contributed by atoms with van der Waals surface area (Å²) in [5.41, 5.74) is 1.42. The van der Waals surface area contributed by atoms with E-state index in [-0.39, 0.29) is 10.8 Å². The third kappa shape index (κ3) is 1.08. The smallest absolute Gasteiger partial charge is 0.491 e. The van der Waals surface area contributed by atoms with E-state index in [1.807, 2.05) is 0 Å². The fourth-order valence-electron chi connectivity index (χ4n) is 1.23. The molecule has 1 aliphatic heterocycles. The van der Waals surface area contributed by atoms with Gasteiger partial charge in [0.05, 0.1) is 11.6 Å². The SMILES string of the molecule is OB1OCc2cc(Cl)c(O)cc21. The number of aromatic hydroxyl groups is 1. The van der Waals surface area contributed by atoms with Crippen molar-refractivity contribution in [2.24, 2.45) is 0 Å². The predicted molar refractivity (Wildman–Crippen MR) is 45.5 cm³/mol. The first-order valence-corrected chi connectivity index (χ1v) is 3.87. The van der Waals surface area contributed by atoms with Gasteiger partial charge in [-0.3, -0.25) is 0 Å². The Morgan fingerprint density at radius 1 is 1.50 bits per heavy atom. The van der Waals surface area contributed by atoms with E-state index in [0.717, 1.165) is 5.56 Å². The van der Waals surface area contributed by atoms with Gasteiger partial charge in [0.1, 0.15) is 5.75 Å². The number of rotatable bonds is 0. The Bertz CT molecular complexity index is 329. The van der Waals surface area contributed by atoms with Crippen LogP contribution in [0.2, 0.25) is 5.02 Å². The lowest BCUT2D eigenvalue weighted by atomic mass is 9.79. The molecule has 0 unspecified atom stereocenters. The lowest BCUT2D eigenvalue weighted by molar-refractivity contribution is 0.275. The van der Waals surface area contributed by atoms with Crippen molar-refractivity contribution >= 4 is 24.2 Å². The molecule has 0 spiro atoms. The first kappa shape index (κ1) is 7.92. The minimum atomic E-state index is -0.928. The summed E-state index contributed by atoms with van der Waals surface area (Å²) < 4.78 is 4.92. The summed E-state index contributed by atoms with van der Waals surface area (Å²) in [5.74, 6) is -0.0278. The molecule has 1 heterocycles. The molecule has 0 aromatic heterocycles. The second-order valence-corrected chi connectivity index (χ2v) is 3.07. The van der Waals surface area contributed by atoms with Gasteiger partial charge in [0, 0.05) is 0 Å². The van der Waals surface area contributed by atoms with Crippen LogP contribution in [0.1, 0.15) is 5.56 Å². The molecule has 5 heteroatoms. The van der Waals surface area contributed by atoms with Crippen LogP contribution in [-0.4, -0.2) is 17.2 Å². The Labute approximate surface area is 74.7 Å². The van der Waals surface area contributed by atoms with Crippen LogP contribution in [0.25, 0.3) is 0 Å². The molecule has 0 bridgehead atoms. The molecule has 0 saturated heterocycles. The van der Waals surface area contributed by atoms with Crippen molar-refractivity contribution in [1.82, 2.24) is 0 Å². The van der Waals surface area contributed by atoms with Crippen LogP contribution >= 0.6 is 11.6 Å². The lowest BCUT2D eigenvalue weighted by Gasteiger charge is -2.00. The van der Waals surface area contributed by atoms with Crippen molar-refractivity contribution in [3.8, 4) is 5.75 Å². The maximum atomic E-state index is 9.22. The summed E-state index contributed by atoms with van der Waals surface area (Å²) in [6, 6.07) is 3.03. The van der Waals surface area contributed by atoms with E-state index < -0.39 is 7.12 Å². The second kappa shape index (κ2) is 2.66. The molecule has 12 heavy (non-hydrogen) atoms. The predicted octanol–water partition coefficient (Wildman–Crippen LogP) is 0.263. The van der Waals surface area contributed by atoms with Gasteiger partial charge in [-0.1, -0.05) is 11.6 Å². The molecule has 0 fully saturated rings. The molecule has 1 aromatic carbocycles. The molecular formula is C7H6BClO3. The Morgan fingerprint density at radius 2 is 2.25 bits per heavy atom. The van der Waals surface area contributed by atoms with Crippen LogP contribution in [0.4, 0.5) is 0 Å². The zero-order valence-electron chi connectivity index (χ0n) is 6.12. The minimum absolute atomic E-state index is 0.0278. The number of phenols is 1. The van der Waals surface area contributed by atoms with Crippen molar-refractivity contribution in [2.45, 2.75) is 6.61 Å². The highest BCUT2D eigenvalue weighted by atomic mass is 35.5. The average Bonchev–Trinajstić information content (AvgIpc) is 2.35. The second-order valence-electron chi connectivity index (χ2n) is 2.67. The van der Waals surface area contributed by atoms with Gasteiger partial charge in [0.15, 0.2) is 0 Å². The van der Waals surface area contributed by atoms with E-state index in [9.17, 15) is 10.1 Å². The summed E-state index contributed by atoms with van der Waals surface area (Å²) in [7, 11) is -0.928. The Balaban J connectivity index is 2.56. The van der Waals surface area contributed by atoms with Gasteiger partial charge in [-0.05, 0) is 23.2 Å². The molecule has 0 radical (unpaired) electrons. The van der Waals surface area contributed by atoms with Crippen LogP contribution in [0.15, 0.2) is 12.1 Å². The summed E-state index contributed by atoms with van der Waals surface area (Å²) in [6.45, 7) is 0.344. The van der Waals surface area contributed by atoms with E-state index in [2.05, 4.69) is 0 Å². The number of phenolic OH excluding ortho intramolecular Hbond substituents is 1. The lowest BCUT2D eigenvalue weighted by Crippen LogP contribution is -2.27. The van der Waals surface area contributed by atoms with E-state index in [1.54, 1.807) is 6.07 Å². The molecule has 62 valence electrons. The largest absolute Gasteiger partial charge is 0.506 e. The maximum absolute atomic E-state index is 9.22. The van der Waals surface area contributed by atoms with Crippen molar-refractivity contribution in [3.05, 3.63) is 22.7 Å². The van der Waals surface area contributed by atoms with Gasteiger partial charge in [0.2, 0.25) is 0 Å². The molecule has 1 aliphatic rings. The zero-order valence-corrected chi connectivity index (χ0v) is 6.88. The molecule has 2 rings (SSSR count). The molecule has 3 nitrogen and oxygen atoms in total. The van der Waals surface area contributed by atoms with Crippen molar-refractivity contribution < 1.29 is 14.8 Å². The van der Waals surface area contributed by atoms with E-state index in [1.165, 1.54) is 6.07 Å². The highest BCUT2D eigenvalue weighted by Crippen LogP contribution is 2.25. The van der Waals surface area contributed by atoms with Crippen molar-refractivity contribution in [3.63, 3.8) is 0 Å². The van der Waals surface area contributed by atoms with Crippen molar-refractivity contribution in [1.29, 1.82) is 0 Å². The number of halogens is 1. The summed E-state index contributed by atoms with van der Waals surface area (Å²) in [4.78, 5) is 0. The third-order valence-corrected chi connectivity index (χ3v) is 2.17. The fourth-order valence-corrected chi connectivity index (χ4v) is 1.42. The number of hydrogen-bond donors (Lipinski definition) is 2. The molecule has 0 amide bonds. The van der Waals surface area contributed by atoms with Gasteiger partial charge in [0.25, 0.3) is 0 Å². The van der Waals surface area contributed by atoms with Gasteiger partial charge >= 0.3 is 7.12 Å². The van der Waals surface area contributed by atoms with Gasteiger partial charge in [-0.25, -0.2) is 0 Å². The highest BCUT2D eigenvalue weighted by molar-refractivity contribution is 6.61. The maximum Gasteiger partial charge on any atom is 0.491 e. The third-order valence-electron chi connectivity index (χ3n) is 1.87. The molecule has 1 aromatic rings. The summed E-state index contributed by atoms with van der Waals surface area (Å²) in [5, 5.41) is 18.7. The Hall–Kier alpha value is -0.705. The quantitative estimate of drug-likeness (QED) is 0.569. The van der Waals surface area contributed by atoms with E-state index in [0.29, 0.717) is 12.1 Å². The van der Waals surface area contributed by atoms with Crippen LogP contribution in [0.5, 0.6) is 5.75 Å². The monoisotopic (exact) mass is 184 g/mol. The van der Waals surface area contributed by atoms with Gasteiger partial charge in [-0.15, -0.1) is 0 Å². The van der Waals surface area contributed by atoms with Crippen LogP contribution in [-0.2, 0) is 11.3 Å². The molecule has 0 atom stereocenters. The normalized spacial score (nSPS) is 15.0. The van der Waals surface area contributed by atoms with Crippen LogP contribution in [0.3, 0.4) is 0 Å². The fraction of sp³-hybridized carbons (Fsp3) is 0.143. The number of fused-ring (bicyclic) bond motifs is 1. The van der Waals surface area contributed by atoms with Crippen LogP contribution < -0.4 is 5.46 Å². The summed E-state index contributed by atoms with van der Waals surface area (Å²) in [6.07, 6.45) is 0. The molecule has 0 saturated carbocycles. The first-order valence-electron chi connectivity index (χ1n) is 3.49. The molecule has 0 aliphatic carbocycles. The van der Waals surface area contributed by atoms with Gasteiger partial charge in [-0.2, -0.15) is 0 Å². The van der Waals surface area contributed by atoms with Gasteiger partial charge < -0.3 is 14.8 Å². The Kier molecular flexibility index (Phi) is 1.75.